The van der Waals surface area contributed by atoms with Gasteiger partial charge in [-0.05, 0) is 36.5 Å². The van der Waals surface area contributed by atoms with Crippen LogP contribution in [0.4, 0.5) is 11.8 Å². The summed E-state index contributed by atoms with van der Waals surface area (Å²) in [5, 5.41) is 12.0. The molecule has 2 N–H and O–H groups in total. The van der Waals surface area contributed by atoms with Crippen molar-refractivity contribution in [2.24, 2.45) is 0 Å². The first-order valence-corrected chi connectivity index (χ1v) is 11.7. The zero-order valence-corrected chi connectivity index (χ0v) is 19.5. The maximum Gasteiger partial charge on any atom is 0.323 e. The number of benzene rings is 1. The molecule has 0 saturated carbocycles. The van der Waals surface area contributed by atoms with Gasteiger partial charge in [-0.25, -0.2) is 4.98 Å². The van der Waals surface area contributed by atoms with Crippen molar-refractivity contribution in [3.8, 4) is 0 Å². The first-order valence-electron chi connectivity index (χ1n) is 11.7. The summed E-state index contributed by atoms with van der Waals surface area (Å²) < 4.78 is 6.87. The number of ether oxygens (including phenoxy) is 1. The molecule has 3 heterocycles. The summed E-state index contributed by atoms with van der Waals surface area (Å²) in [6.07, 6.45) is 4.72. The van der Waals surface area contributed by atoms with Gasteiger partial charge < -0.3 is 19.3 Å². The lowest BCUT2D eigenvalue weighted by Gasteiger charge is -2.28. The van der Waals surface area contributed by atoms with Crippen LogP contribution in [0.3, 0.4) is 0 Å². The van der Waals surface area contributed by atoms with Crippen molar-refractivity contribution in [3.05, 3.63) is 41.7 Å². The molecule has 10 heteroatoms. The first kappa shape index (κ1) is 23.6. The highest BCUT2D eigenvalue weighted by molar-refractivity contribution is 6.04. The number of carbonyl (C=O) groups is 2. The highest BCUT2D eigenvalue weighted by Gasteiger charge is 2.22. The number of carboxylic acids is 1. The van der Waals surface area contributed by atoms with Gasteiger partial charge in [-0.3, -0.25) is 14.9 Å². The largest absolute Gasteiger partial charge is 0.480 e. The van der Waals surface area contributed by atoms with Gasteiger partial charge in [0.15, 0.2) is 17.0 Å². The Morgan fingerprint density at radius 2 is 1.88 bits per heavy atom. The molecule has 1 fully saturated rings. The van der Waals surface area contributed by atoms with Gasteiger partial charge in [-0.1, -0.05) is 32.4 Å². The Morgan fingerprint density at radius 3 is 2.53 bits per heavy atom. The van der Waals surface area contributed by atoms with Crippen LogP contribution in [0.15, 0.2) is 30.6 Å². The highest BCUT2D eigenvalue weighted by Crippen LogP contribution is 2.27. The molecule has 2 aromatic heterocycles. The SMILES string of the molecule is CCCC(CC)c1ccc(C(=O)Nc2nc(N3CCOCC3)c3ncn(CC(=O)O)c3n2)cc1. The van der Waals surface area contributed by atoms with Gasteiger partial charge in [0.1, 0.15) is 6.54 Å². The minimum atomic E-state index is -1.01. The summed E-state index contributed by atoms with van der Waals surface area (Å²) >= 11 is 0. The molecule has 1 aliphatic rings. The molecule has 1 amide bonds. The van der Waals surface area contributed by atoms with Gasteiger partial charge in [0.05, 0.1) is 19.5 Å². The van der Waals surface area contributed by atoms with E-state index in [9.17, 15) is 14.7 Å². The predicted molar refractivity (Wildman–Crippen MR) is 128 cm³/mol. The summed E-state index contributed by atoms with van der Waals surface area (Å²) in [5.41, 5.74) is 2.58. The molecule has 180 valence electrons. The molecule has 4 rings (SSSR count). The normalized spacial score (nSPS) is 14.8. The van der Waals surface area contributed by atoms with Crippen molar-refractivity contribution < 1.29 is 19.4 Å². The zero-order valence-electron chi connectivity index (χ0n) is 19.5. The topological polar surface area (TPSA) is 122 Å². The smallest absolute Gasteiger partial charge is 0.323 e. The standard InChI is InChI=1S/C24H30N6O4/c1-3-5-16(4-2)17-6-8-18(9-7-17)23(33)28-24-26-21(29-10-12-34-13-11-29)20-22(27-24)30(15-25-20)14-19(31)32/h6-9,15-16H,3-5,10-14H2,1-2H3,(H,31,32)(H,26,27,28,33). The van der Waals surface area contributed by atoms with E-state index in [2.05, 4.69) is 34.1 Å². The Hall–Kier alpha value is -3.53. The van der Waals surface area contributed by atoms with Gasteiger partial charge >= 0.3 is 5.97 Å². The molecule has 10 nitrogen and oxygen atoms in total. The second-order valence-corrected chi connectivity index (χ2v) is 8.38. The second-order valence-electron chi connectivity index (χ2n) is 8.38. The number of aromatic nitrogens is 4. The highest BCUT2D eigenvalue weighted by atomic mass is 16.5. The number of fused-ring (bicyclic) bond motifs is 1. The fraction of sp³-hybridized carbons (Fsp3) is 0.458. The molecule has 0 spiro atoms. The van der Waals surface area contributed by atoms with Crippen molar-refractivity contribution in [3.63, 3.8) is 0 Å². The van der Waals surface area contributed by atoms with Gasteiger partial charge in [0.25, 0.3) is 5.91 Å². The van der Waals surface area contributed by atoms with Crippen LogP contribution in [0.5, 0.6) is 0 Å². The molecule has 0 radical (unpaired) electrons. The summed E-state index contributed by atoms with van der Waals surface area (Å²) in [4.78, 5) is 39.6. The van der Waals surface area contributed by atoms with Crippen molar-refractivity contribution >= 4 is 34.8 Å². The molecule has 1 unspecified atom stereocenters. The van der Waals surface area contributed by atoms with Crippen LogP contribution in [0.25, 0.3) is 11.2 Å². The van der Waals surface area contributed by atoms with Crippen molar-refractivity contribution in [1.29, 1.82) is 0 Å². The molecular formula is C24H30N6O4. The van der Waals surface area contributed by atoms with Gasteiger partial charge in [-0.15, -0.1) is 0 Å². The zero-order chi connectivity index (χ0) is 24.1. The average Bonchev–Trinajstić information content (AvgIpc) is 3.24. The number of rotatable bonds is 9. The number of morpholine rings is 1. The monoisotopic (exact) mass is 466 g/mol. The Kier molecular flexibility index (Phi) is 7.36. The number of anilines is 2. The minimum absolute atomic E-state index is 0.104. The van der Waals surface area contributed by atoms with Crippen molar-refractivity contribution in [1.82, 2.24) is 19.5 Å². The number of amides is 1. The predicted octanol–water partition coefficient (Wildman–Crippen LogP) is 3.29. The molecule has 1 aromatic carbocycles. The van der Waals surface area contributed by atoms with E-state index in [0.717, 1.165) is 19.3 Å². The van der Waals surface area contributed by atoms with Crippen molar-refractivity contribution in [2.75, 3.05) is 36.5 Å². The molecule has 1 saturated heterocycles. The minimum Gasteiger partial charge on any atom is -0.480 e. The van der Waals surface area contributed by atoms with E-state index in [0.29, 0.717) is 54.8 Å². The number of hydrogen-bond donors (Lipinski definition) is 2. The first-order chi connectivity index (χ1) is 16.5. The Morgan fingerprint density at radius 1 is 1.15 bits per heavy atom. The summed E-state index contributed by atoms with van der Waals surface area (Å²) in [5.74, 6) is -0.198. The number of nitrogens with zero attached hydrogens (tertiary/aromatic N) is 5. The quantitative estimate of drug-likeness (QED) is 0.493. The maximum atomic E-state index is 13.0. The fourth-order valence-corrected chi connectivity index (χ4v) is 4.28. The van der Waals surface area contributed by atoms with Gasteiger partial charge in [-0.2, -0.15) is 9.97 Å². The second kappa shape index (κ2) is 10.6. The lowest BCUT2D eigenvalue weighted by atomic mass is 9.91. The molecule has 34 heavy (non-hydrogen) atoms. The van der Waals surface area contributed by atoms with Crippen LogP contribution in [0.1, 0.15) is 54.9 Å². The van der Waals surface area contributed by atoms with Gasteiger partial charge in [0.2, 0.25) is 5.95 Å². The Balaban J connectivity index is 1.62. The van der Waals surface area contributed by atoms with Crippen LogP contribution < -0.4 is 10.2 Å². The molecule has 1 aliphatic heterocycles. The Labute approximate surface area is 198 Å². The molecule has 3 aromatic rings. The molecule has 0 aliphatic carbocycles. The lowest BCUT2D eigenvalue weighted by Crippen LogP contribution is -2.37. The number of hydrogen-bond acceptors (Lipinski definition) is 7. The third kappa shape index (κ3) is 5.17. The van der Waals surface area contributed by atoms with E-state index in [4.69, 9.17) is 4.74 Å². The lowest BCUT2D eigenvalue weighted by molar-refractivity contribution is -0.137. The summed E-state index contributed by atoms with van der Waals surface area (Å²) in [6, 6.07) is 7.64. The average molecular weight is 467 g/mol. The van der Waals surface area contributed by atoms with Crippen LogP contribution in [0, 0.1) is 0 Å². The van der Waals surface area contributed by atoms with Crippen LogP contribution in [-0.4, -0.2) is 62.8 Å². The number of imidazole rings is 1. The molecule has 1 atom stereocenters. The van der Waals surface area contributed by atoms with Crippen LogP contribution in [0.2, 0.25) is 0 Å². The summed E-state index contributed by atoms with van der Waals surface area (Å²) in [7, 11) is 0. The van der Waals surface area contributed by atoms with Crippen LogP contribution in [-0.2, 0) is 16.1 Å². The van der Waals surface area contributed by atoms with E-state index in [1.54, 1.807) is 0 Å². The van der Waals surface area contributed by atoms with Crippen LogP contribution >= 0.6 is 0 Å². The number of carboxylic acid groups (broad SMARTS) is 1. The molecule has 0 bridgehead atoms. The summed E-state index contributed by atoms with van der Waals surface area (Å²) in [6.45, 7) is 6.39. The maximum absolute atomic E-state index is 13.0. The Bertz CT molecular complexity index is 1150. The fourth-order valence-electron chi connectivity index (χ4n) is 4.28. The van der Waals surface area contributed by atoms with E-state index in [-0.39, 0.29) is 18.4 Å². The van der Waals surface area contributed by atoms with E-state index in [1.807, 2.05) is 29.2 Å². The van der Waals surface area contributed by atoms with Gasteiger partial charge in [0, 0.05) is 18.7 Å². The number of aliphatic carboxylic acids is 1. The van der Waals surface area contributed by atoms with E-state index in [1.165, 1.54) is 16.5 Å². The van der Waals surface area contributed by atoms with E-state index >= 15 is 0 Å². The number of carbonyl (C=O) groups excluding carboxylic acids is 1. The van der Waals surface area contributed by atoms with Crippen molar-refractivity contribution in [2.45, 2.75) is 45.6 Å². The molecular weight excluding hydrogens is 436 g/mol. The van der Waals surface area contributed by atoms with E-state index < -0.39 is 5.97 Å². The third-order valence-corrected chi connectivity index (χ3v) is 6.06. The number of nitrogens with one attached hydrogen (secondary N) is 1. The third-order valence-electron chi connectivity index (χ3n) is 6.06.